The Balaban J connectivity index is 1.84. The molecule has 1 unspecified atom stereocenters. The number of phenols is 1. The Morgan fingerprint density at radius 2 is 1.55 bits per heavy atom. The van der Waals surface area contributed by atoms with Gasteiger partial charge in [0.25, 0.3) is 17.7 Å². The van der Waals surface area contributed by atoms with E-state index in [1.807, 2.05) is 60.5 Å². The molecule has 21 heteroatoms. The zero-order valence-corrected chi connectivity index (χ0v) is 48.6. The molecule has 1 aromatic heterocycles. The molecule has 428 valence electrons. The molecule has 1 aromatic carbocycles. The monoisotopic (exact) mass is 1090 g/mol. The van der Waals surface area contributed by atoms with Gasteiger partial charge in [0.2, 0.25) is 11.8 Å². The van der Waals surface area contributed by atoms with Crippen LogP contribution in [-0.4, -0.2) is 135 Å². The van der Waals surface area contributed by atoms with Crippen LogP contribution in [0.5, 0.6) is 5.75 Å². The molecule has 0 bridgehead atoms. The highest BCUT2D eigenvalue weighted by atomic mass is 32.1. The molecule has 1 aliphatic heterocycles. The summed E-state index contributed by atoms with van der Waals surface area (Å²) in [5.74, 6) is -4.25. The second-order valence-electron chi connectivity index (χ2n) is 22.2. The zero-order chi connectivity index (χ0) is 57.9. The molecule has 0 spiro atoms. The number of aromatic nitrogens is 1. The molecule has 6 amide bonds. The number of hydrogen-bond donors (Lipinski definition) is 5. The number of nitrogens with one attached hydrogen (secondary N) is 4. The normalized spacial score (nSPS) is 15.1. The smallest absolute Gasteiger partial charge is 0.422 e. The molecule has 77 heavy (non-hydrogen) atoms. The number of likely N-dealkylation sites (N-methyl/N-ethyl adjacent to an activating group) is 1. The molecule has 20 nitrogen and oxygen atoms in total. The van der Waals surface area contributed by atoms with Gasteiger partial charge in [-0.3, -0.25) is 53.6 Å². The summed E-state index contributed by atoms with van der Waals surface area (Å²) in [6, 6.07) is 3.52. The Morgan fingerprint density at radius 1 is 0.883 bits per heavy atom. The summed E-state index contributed by atoms with van der Waals surface area (Å²) < 4.78 is 11.1. The minimum Gasteiger partial charge on any atom is -0.506 e. The Labute approximate surface area is 459 Å². The van der Waals surface area contributed by atoms with Crippen LogP contribution >= 0.6 is 11.3 Å². The summed E-state index contributed by atoms with van der Waals surface area (Å²) in [5.41, 5.74) is 4.67. The summed E-state index contributed by atoms with van der Waals surface area (Å²) in [6.45, 7) is 20.5. The first kappa shape index (κ1) is 65.2. The number of aromatic hydroxyl groups is 1. The third-order valence-corrected chi connectivity index (χ3v) is 15.0. The number of unbranched alkanes of at least 4 members (excludes halogenated alkanes) is 2. The van der Waals surface area contributed by atoms with Gasteiger partial charge in [-0.05, 0) is 110 Å². The summed E-state index contributed by atoms with van der Waals surface area (Å²) in [6.07, 6.45) is 4.53. The van der Waals surface area contributed by atoms with E-state index in [2.05, 4.69) is 26.5 Å². The van der Waals surface area contributed by atoms with Gasteiger partial charge in [-0.15, -0.1) is 11.3 Å². The number of esters is 1. The van der Waals surface area contributed by atoms with Crippen LogP contribution in [0.3, 0.4) is 0 Å². The number of hydrogen-bond acceptors (Lipinski definition) is 16. The van der Waals surface area contributed by atoms with E-state index in [4.69, 9.17) is 9.47 Å². The van der Waals surface area contributed by atoms with Crippen molar-refractivity contribution in [1.82, 2.24) is 35.9 Å². The maximum absolute atomic E-state index is 14.4. The van der Waals surface area contributed by atoms with Gasteiger partial charge in [0.05, 0.1) is 11.2 Å². The largest absolute Gasteiger partial charge is 0.506 e. The average Bonchev–Trinajstić information content (AvgIpc) is 3.97. The molecule has 3 rings (SSSR count). The molecule has 2 aromatic rings. The Kier molecular flexibility index (Phi) is 25.6. The van der Waals surface area contributed by atoms with Gasteiger partial charge in [0, 0.05) is 94.2 Å². The van der Waals surface area contributed by atoms with Crippen molar-refractivity contribution >= 4 is 70.2 Å². The number of hydrazine groups is 1. The van der Waals surface area contributed by atoms with Gasteiger partial charge in [-0.2, -0.15) is 0 Å². The first-order valence-corrected chi connectivity index (χ1v) is 27.6. The van der Waals surface area contributed by atoms with Crippen LogP contribution in [0.25, 0.3) is 0 Å². The lowest BCUT2D eigenvalue weighted by Crippen LogP contribution is -2.50. The molecule has 1 aliphatic rings. The molecule has 0 aliphatic carbocycles. The lowest BCUT2D eigenvalue weighted by Gasteiger charge is -2.38. The second-order valence-corrected chi connectivity index (χ2v) is 23.1. The topological polar surface area (TPSA) is 263 Å². The average molecular weight is 1100 g/mol. The van der Waals surface area contributed by atoms with Crippen molar-refractivity contribution in [1.29, 1.82) is 0 Å². The molecular formula is C56H86N8O12S. The lowest BCUT2D eigenvalue weighted by molar-refractivity contribution is -0.150. The van der Waals surface area contributed by atoms with Crippen molar-refractivity contribution in [3.8, 4) is 5.75 Å². The van der Waals surface area contributed by atoms with Crippen LogP contribution in [-0.2, 0) is 49.5 Å². The summed E-state index contributed by atoms with van der Waals surface area (Å²) in [5, 5.41) is 18.4. The number of amides is 6. The number of carbonyl (C=O) groups is 9. The second kappa shape index (κ2) is 30.2. The van der Waals surface area contributed by atoms with Gasteiger partial charge in [0.15, 0.2) is 11.9 Å². The van der Waals surface area contributed by atoms with Gasteiger partial charge in [-0.1, -0.05) is 53.5 Å². The number of rotatable bonds is 32. The number of imide groups is 1. The Bertz CT molecular complexity index is 2390. The third-order valence-electron chi connectivity index (χ3n) is 14.1. The van der Waals surface area contributed by atoms with Crippen LogP contribution in [0.1, 0.15) is 168 Å². The Hall–Kier alpha value is -6.06. The quantitative estimate of drug-likeness (QED) is 0.0157. The van der Waals surface area contributed by atoms with Crippen molar-refractivity contribution in [3.05, 3.63) is 52.0 Å². The van der Waals surface area contributed by atoms with Crippen LogP contribution in [0, 0.1) is 23.7 Å². The third kappa shape index (κ3) is 21.0. The van der Waals surface area contributed by atoms with E-state index in [1.54, 1.807) is 57.2 Å². The van der Waals surface area contributed by atoms with Gasteiger partial charge < -0.3 is 30.1 Å². The van der Waals surface area contributed by atoms with Gasteiger partial charge >= 0.3 is 12.1 Å². The minimum absolute atomic E-state index is 0.0151. The van der Waals surface area contributed by atoms with Gasteiger partial charge in [0.1, 0.15) is 27.8 Å². The zero-order valence-electron chi connectivity index (χ0n) is 47.8. The maximum atomic E-state index is 14.4. The molecule has 0 saturated carbocycles. The molecule has 5 N–H and O–H groups in total. The number of ketones is 2. The SMILES string of the molecule is CC[C@H](C)[C@H](CC(=O)C(C)(C)N(C)C)C(=O)N(C)[C@H](C[C@@H](OC(C)=O)c1nc(C(=O)N[C@@H](Cc2ccc(O)c(NC(=O)CCCN3C(=O)C=CC3=O)c2)CC(C)C(=O)CCCCCNNC(=O)OC(C)(C)C)cs1)C(C)C. The van der Waals surface area contributed by atoms with Crippen LogP contribution < -0.4 is 21.5 Å². The molecule has 0 radical (unpaired) electrons. The summed E-state index contributed by atoms with van der Waals surface area (Å²) in [4.78, 5) is 127. The molecule has 2 heterocycles. The summed E-state index contributed by atoms with van der Waals surface area (Å²) in [7, 11) is 5.38. The van der Waals surface area contributed by atoms with Crippen molar-refractivity contribution in [2.24, 2.45) is 23.7 Å². The highest BCUT2D eigenvalue weighted by Gasteiger charge is 2.39. The summed E-state index contributed by atoms with van der Waals surface area (Å²) >= 11 is 1.13. The van der Waals surface area contributed by atoms with E-state index < -0.39 is 76.9 Å². The van der Waals surface area contributed by atoms with Crippen LogP contribution in [0.4, 0.5) is 10.5 Å². The van der Waals surface area contributed by atoms with Crippen molar-refractivity contribution < 1.29 is 57.7 Å². The van der Waals surface area contributed by atoms with E-state index in [-0.39, 0.29) is 97.9 Å². The first-order valence-electron chi connectivity index (χ1n) is 26.8. The van der Waals surface area contributed by atoms with Crippen molar-refractivity contribution in [3.63, 3.8) is 0 Å². The number of benzene rings is 1. The first-order chi connectivity index (χ1) is 35.9. The number of thiazole rings is 1. The maximum Gasteiger partial charge on any atom is 0.422 e. The Morgan fingerprint density at radius 3 is 2.14 bits per heavy atom. The van der Waals surface area contributed by atoms with Crippen molar-refractivity contribution in [2.75, 3.05) is 39.5 Å². The van der Waals surface area contributed by atoms with Crippen LogP contribution in [0.2, 0.25) is 0 Å². The molecule has 0 saturated heterocycles. The van der Waals surface area contributed by atoms with E-state index >= 15 is 0 Å². The molecular weight excluding hydrogens is 1010 g/mol. The lowest BCUT2D eigenvalue weighted by atomic mass is 9.81. The standard InChI is InChI=1S/C56H86N8O12S/c1-15-35(4)40(31-47(68)56(10,11)62(12)13)53(73)63(14)43(34(2)3)32-46(75-37(6)65)52-60-42(33-77-52)51(72)58-39(28-36(5)44(66)20-17-16-18-26-57-61-54(74)76-55(7,8)9)29-38-22-23-45(67)41(30-38)59-48(69)21-19-27-64-49(70)24-25-50(64)71/h22-25,30,33-36,39-40,43,46,57,67H,15-21,26-29,31-32H2,1-14H3,(H,58,72)(H,59,69)(H,61,74)/t35-,36?,39+,40-,43+,46+/m0/s1. The highest BCUT2D eigenvalue weighted by Crippen LogP contribution is 2.34. The minimum atomic E-state index is -0.934. The number of anilines is 1. The number of Topliss-reactive ketones (excluding diaryl/α,β-unsaturated/α-hetero) is 2. The molecule has 0 fully saturated rings. The van der Waals surface area contributed by atoms with Crippen LogP contribution in [0.15, 0.2) is 35.7 Å². The van der Waals surface area contributed by atoms with Crippen molar-refractivity contribution in [2.45, 2.75) is 176 Å². The predicted molar refractivity (Wildman–Crippen MR) is 294 cm³/mol. The fourth-order valence-corrected chi connectivity index (χ4v) is 9.56. The number of ether oxygens (including phenoxy) is 2. The van der Waals surface area contributed by atoms with E-state index in [0.717, 1.165) is 16.2 Å². The van der Waals surface area contributed by atoms with E-state index in [0.29, 0.717) is 42.8 Å². The fraction of sp³-hybridized carbons (Fsp3) is 0.643. The number of nitrogens with zero attached hydrogens (tertiary/aromatic N) is 4. The van der Waals surface area contributed by atoms with Gasteiger partial charge in [-0.25, -0.2) is 15.2 Å². The number of phenolic OH excluding ortho intramolecular Hbond substituents is 1. The highest BCUT2D eigenvalue weighted by molar-refractivity contribution is 7.09. The van der Waals surface area contributed by atoms with E-state index in [1.165, 1.54) is 25.1 Å². The fourth-order valence-electron chi connectivity index (χ4n) is 8.72. The predicted octanol–water partition coefficient (Wildman–Crippen LogP) is 7.46. The number of carbonyl (C=O) groups excluding carboxylic acids is 9. The van der Waals surface area contributed by atoms with E-state index in [9.17, 15) is 48.3 Å². The molecule has 6 atom stereocenters.